The molecule has 14 heteroatoms. The van der Waals surface area contributed by atoms with E-state index in [1.165, 1.54) is 6.26 Å². The molecule has 1 unspecified atom stereocenters. The number of fused-ring (bicyclic) bond motifs is 1. The molecule has 1 aromatic heterocycles. The third-order valence-electron chi connectivity index (χ3n) is 5.68. The predicted molar refractivity (Wildman–Crippen MR) is 124 cm³/mol. The molecular weight excluding hydrogens is 503 g/mol. The fourth-order valence-electron chi connectivity index (χ4n) is 3.92. The highest BCUT2D eigenvalue weighted by molar-refractivity contribution is 6.32. The fourth-order valence-corrected chi connectivity index (χ4v) is 4.15. The summed E-state index contributed by atoms with van der Waals surface area (Å²) in [5, 5.41) is 7.74. The first-order chi connectivity index (χ1) is 17.2. The van der Waals surface area contributed by atoms with Gasteiger partial charge in [0.15, 0.2) is 18.4 Å². The predicted octanol–water partition coefficient (Wildman–Crippen LogP) is 1.42. The Hall–Kier alpha value is -3.97. The van der Waals surface area contributed by atoms with E-state index in [2.05, 4.69) is 21.0 Å². The van der Waals surface area contributed by atoms with Gasteiger partial charge in [0, 0.05) is 24.9 Å². The number of halogens is 4. The molecule has 0 bridgehead atoms. The van der Waals surface area contributed by atoms with Crippen LogP contribution >= 0.6 is 11.6 Å². The van der Waals surface area contributed by atoms with E-state index in [0.717, 1.165) is 14.7 Å². The van der Waals surface area contributed by atoms with Crippen molar-refractivity contribution in [1.82, 2.24) is 29.9 Å². The van der Waals surface area contributed by atoms with Crippen molar-refractivity contribution >= 4 is 17.5 Å². The van der Waals surface area contributed by atoms with E-state index in [9.17, 15) is 22.8 Å². The Balaban J connectivity index is 1.59. The summed E-state index contributed by atoms with van der Waals surface area (Å²) < 4.78 is 48.6. The molecule has 0 fully saturated rings. The molecule has 1 atom stereocenters. The lowest BCUT2D eigenvalue weighted by Crippen LogP contribution is -2.44. The van der Waals surface area contributed by atoms with E-state index in [0.29, 0.717) is 23.5 Å². The molecule has 3 heterocycles. The zero-order valence-electron chi connectivity index (χ0n) is 18.7. The van der Waals surface area contributed by atoms with Gasteiger partial charge >= 0.3 is 11.4 Å². The van der Waals surface area contributed by atoms with Crippen LogP contribution in [0.25, 0.3) is 0 Å². The smallest absolute Gasteiger partial charge is 0.355 e. The first-order valence-corrected chi connectivity index (χ1v) is 11.0. The molecule has 10 nitrogen and oxygen atoms in total. The molecule has 36 heavy (non-hydrogen) atoms. The second-order valence-electron chi connectivity index (χ2n) is 8.21. The van der Waals surface area contributed by atoms with Crippen molar-refractivity contribution < 1.29 is 17.9 Å². The second-order valence-corrected chi connectivity index (χ2v) is 8.61. The summed E-state index contributed by atoms with van der Waals surface area (Å²) in [7, 11) is 1.81. The van der Waals surface area contributed by atoms with Gasteiger partial charge in [-0.1, -0.05) is 11.6 Å². The molecule has 5 rings (SSSR count). The maximum Gasteiger partial charge on any atom is 0.355 e. The number of aromatic nitrogens is 3. The largest absolute Gasteiger partial charge is 0.479 e. The maximum absolute atomic E-state index is 14.5. The van der Waals surface area contributed by atoms with Crippen molar-refractivity contribution in [3.8, 4) is 0 Å². The Morgan fingerprint density at radius 1 is 1.17 bits per heavy atom. The van der Waals surface area contributed by atoms with Gasteiger partial charge in [0.2, 0.25) is 5.95 Å². The van der Waals surface area contributed by atoms with Crippen molar-refractivity contribution in [2.45, 2.75) is 19.1 Å². The summed E-state index contributed by atoms with van der Waals surface area (Å²) in [6, 6.07) is 0.867. The summed E-state index contributed by atoms with van der Waals surface area (Å²) in [5.41, 5.74) is 2.68. The standard InChI is InChI=1S/C22H19ClF3N7O3/c1-31-6-12-3-19(14(23)4-18(12)30-31)28-20-29-21(34)33(8-13-9-36-10-27-13)22(35)32(20)7-11-2-16(25)17(26)5-15(11)24/h2-6,9,18,27,30H,7-8,10H2,1H3,(H,28,29,34). The van der Waals surface area contributed by atoms with Crippen LogP contribution in [0, 0.1) is 17.5 Å². The third-order valence-corrected chi connectivity index (χ3v) is 6.01. The van der Waals surface area contributed by atoms with Crippen LogP contribution in [-0.2, 0) is 17.8 Å². The van der Waals surface area contributed by atoms with E-state index >= 15 is 0 Å². The molecule has 2 aliphatic heterocycles. The zero-order valence-corrected chi connectivity index (χ0v) is 19.4. The molecule has 0 saturated heterocycles. The molecule has 0 saturated carbocycles. The number of hydrogen-bond acceptors (Lipinski definition) is 8. The molecule has 0 spiro atoms. The summed E-state index contributed by atoms with van der Waals surface area (Å²) in [5.74, 6) is -3.98. The lowest BCUT2D eigenvalue weighted by Gasteiger charge is -2.21. The lowest BCUT2D eigenvalue weighted by atomic mass is 10.0. The SMILES string of the molecule is CN1C=C2C=C(Nc3nc(=O)n(CC4=COCN4)c(=O)n3Cc3cc(F)c(F)cc3F)C(Cl)=CC2N1. The third kappa shape index (κ3) is 4.50. The molecule has 188 valence electrons. The average molecular weight is 522 g/mol. The summed E-state index contributed by atoms with van der Waals surface area (Å²) in [6.07, 6.45) is 6.60. The van der Waals surface area contributed by atoms with Crippen molar-refractivity contribution in [1.29, 1.82) is 0 Å². The minimum atomic E-state index is -1.37. The van der Waals surface area contributed by atoms with E-state index in [1.54, 1.807) is 17.2 Å². The van der Waals surface area contributed by atoms with Crippen LogP contribution in [0.4, 0.5) is 19.1 Å². The number of ether oxygens (including phenoxy) is 1. The van der Waals surface area contributed by atoms with Crippen LogP contribution in [0.5, 0.6) is 0 Å². The van der Waals surface area contributed by atoms with Crippen molar-refractivity contribution in [2.75, 3.05) is 19.1 Å². The Morgan fingerprint density at radius 2 is 1.94 bits per heavy atom. The topological polar surface area (TPSA) is 105 Å². The Bertz CT molecular complexity index is 1490. The normalized spacial score (nSPS) is 18.6. The van der Waals surface area contributed by atoms with Crippen LogP contribution in [0.1, 0.15) is 5.56 Å². The van der Waals surface area contributed by atoms with E-state index in [-0.39, 0.29) is 35.9 Å². The molecule has 3 aliphatic rings. The van der Waals surface area contributed by atoms with Gasteiger partial charge in [0.05, 0.1) is 35.6 Å². The van der Waals surface area contributed by atoms with Crippen molar-refractivity contribution in [3.63, 3.8) is 0 Å². The number of hydrazine groups is 1. The Labute approximate surface area is 206 Å². The second kappa shape index (κ2) is 9.24. The highest BCUT2D eigenvalue weighted by Gasteiger charge is 2.26. The molecule has 0 radical (unpaired) electrons. The monoisotopic (exact) mass is 521 g/mol. The number of anilines is 1. The lowest BCUT2D eigenvalue weighted by molar-refractivity contribution is 0.267. The fraction of sp³-hybridized carbons (Fsp3) is 0.227. The molecule has 2 aromatic rings. The van der Waals surface area contributed by atoms with Gasteiger partial charge in [0.1, 0.15) is 12.1 Å². The number of nitrogens with one attached hydrogen (secondary N) is 3. The highest BCUT2D eigenvalue weighted by atomic mass is 35.5. The highest BCUT2D eigenvalue weighted by Crippen LogP contribution is 2.29. The van der Waals surface area contributed by atoms with Crippen molar-refractivity contribution in [3.05, 3.63) is 103 Å². The van der Waals surface area contributed by atoms with Gasteiger partial charge in [-0.2, -0.15) is 4.98 Å². The number of allylic oxidation sites excluding steroid dienone is 2. The Morgan fingerprint density at radius 3 is 2.69 bits per heavy atom. The van der Waals surface area contributed by atoms with Crippen LogP contribution in [0.15, 0.2) is 68.3 Å². The number of rotatable bonds is 6. The number of benzene rings is 1. The van der Waals surface area contributed by atoms with Crippen LogP contribution in [0.3, 0.4) is 0 Å². The summed E-state index contributed by atoms with van der Waals surface area (Å²) in [4.78, 5) is 30.1. The maximum atomic E-state index is 14.5. The molecule has 1 aliphatic carbocycles. The van der Waals surface area contributed by atoms with E-state index in [1.807, 2.05) is 13.2 Å². The van der Waals surface area contributed by atoms with Crippen molar-refractivity contribution in [2.24, 2.45) is 0 Å². The number of hydrogen-bond donors (Lipinski definition) is 3. The minimum Gasteiger partial charge on any atom is -0.479 e. The quantitative estimate of drug-likeness (QED) is 0.490. The van der Waals surface area contributed by atoms with Gasteiger partial charge in [-0.3, -0.25) is 4.57 Å². The van der Waals surface area contributed by atoms with Crippen LogP contribution in [0.2, 0.25) is 0 Å². The molecular formula is C22H19ClF3N7O3. The first-order valence-electron chi connectivity index (χ1n) is 10.7. The van der Waals surface area contributed by atoms with Crippen LogP contribution in [-0.4, -0.2) is 38.9 Å². The molecule has 3 N–H and O–H groups in total. The van der Waals surface area contributed by atoms with E-state index in [4.69, 9.17) is 16.3 Å². The minimum absolute atomic E-state index is 0.165. The Kier molecular flexibility index (Phi) is 6.10. The van der Waals surface area contributed by atoms with Gasteiger partial charge in [-0.05, 0) is 23.8 Å². The van der Waals surface area contributed by atoms with Gasteiger partial charge in [-0.25, -0.2) is 32.8 Å². The van der Waals surface area contributed by atoms with Gasteiger partial charge in [0.25, 0.3) is 0 Å². The van der Waals surface area contributed by atoms with Gasteiger partial charge < -0.3 is 20.4 Å². The molecule has 1 aromatic carbocycles. The van der Waals surface area contributed by atoms with E-state index < -0.39 is 35.4 Å². The van der Waals surface area contributed by atoms with Crippen LogP contribution < -0.4 is 27.4 Å². The zero-order chi connectivity index (χ0) is 25.6. The first kappa shape index (κ1) is 23.8. The van der Waals surface area contributed by atoms with Gasteiger partial charge in [-0.15, -0.1) is 0 Å². The molecule has 0 amide bonds. The summed E-state index contributed by atoms with van der Waals surface area (Å²) in [6.45, 7) is -0.572. The average Bonchev–Trinajstić information content (AvgIpc) is 3.46. The number of nitrogens with zero attached hydrogens (tertiary/aromatic N) is 4. The summed E-state index contributed by atoms with van der Waals surface area (Å²) >= 11 is 6.41.